The second-order valence-electron chi connectivity index (χ2n) is 20.5. The van der Waals surface area contributed by atoms with Crippen LogP contribution in [-0.4, -0.2) is 170 Å². The molecular formula is C47H82N7O22P3S. The van der Waals surface area contributed by atoms with Crippen molar-refractivity contribution < 1.29 is 105 Å². The van der Waals surface area contributed by atoms with E-state index in [1.54, 1.807) is 6.92 Å². The Balaban J connectivity index is 0.977. The Kier molecular flexibility index (Phi) is 29.7. The first kappa shape index (κ1) is 69.6. The molecule has 2 unspecified atom stereocenters. The molecule has 0 aromatic carbocycles. The number of aliphatic hydroxyl groups is 4. The van der Waals surface area contributed by atoms with E-state index in [9.17, 15) is 72.9 Å². The molecule has 2 aliphatic heterocycles. The maximum atomic E-state index is 12.8. The Morgan fingerprint density at radius 1 is 0.812 bits per heavy atom. The van der Waals surface area contributed by atoms with Gasteiger partial charge in [0.25, 0.3) is 0 Å². The van der Waals surface area contributed by atoms with E-state index in [4.69, 9.17) is 29.0 Å². The number of anilines is 1. The third-order valence-electron chi connectivity index (χ3n) is 13.2. The van der Waals surface area contributed by atoms with Gasteiger partial charge in [-0.2, -0.15) is 4.31 Å². The zero-order valence-electron chi connectivity index (χ0n) is 45.4. The van der Waals surface area contributed by atoms with Gasteiger partial charge < -0.3 is 70.6 Å². The van der Waals surface area contributed by atoms with E-state index in [2.05, 4.69) is 34.4 Å². The van der Waals surface area contributed by atoms with Crippen molar-refractivity contribution in [2.45, 2.75) is 198 Å². The Morgan fingerprint density at radius 3 is 2.04 bits per heavy atom. The summed E-state index contributed by atoms with van der Waals surface area (Å²) in [5.74, 6) is -1.45. The average molecular weight is 1220 g/mol. The van der Waals surface area contributed by atoms with E-state index >= 15 is 0 Å². The van der Waals surface area contributed by atoms with Crippen LogP contribution in [0.1, 0.15) is 149 Å². The molecule has 2 aliphatic rings. The van der Waals surface area contributed by atoms with Gasteiger partial charge >= 0.3 is 23.5 Å². The maximum absolute atomic E-state index is 12.8. The lowest BCUT2D eigenvalue weighted by Gasteiger charge is -2.35. The summed E-state index contributed by atoms with van der Waals surface area (Å²) in [7, 11) is -16.5. The van der Waals surface area contributed by atoms with Crippen molar-refractivity contribution in [3.63, 3.8) is 0 Å². The molecule has 0 aliphatic carbocycles. The van der Waals surface area contributed by atoms with Crippen LogP contribution in [0.15, 0.2) is 12.7 Å². The smallest absolute Gasteiger partial charge is 0.390 e. The highest BCUT2D eigenvalue weighted by Crippen LogP contribution is 2.61. The number of Topliss-reactive ketones (excluding diaryl/α,β-unsaturated/α-hetero) is 1. The molecule has 29 nitrogen and oxygen atoms in total. The summed E-state index contributed by atoms with van der Waals surface area (Å²) in [5.41, 5.74) is 4.23. The van der Waals surface area contributed by atoms with E-state index in [-0.39, 0.29) is 72.1 Å². The van der Waals surface area contributed by atoms with E-state index in [0.29, 0.717) is 13.0 Å². The zero-order valence-corrected chi connectivity index (χ0v) is 48.9. The Morgan fingerprint density at radius 2 is 1.41 bits per heavy atom. The number of ether oxygens (including phenoxy) is 3. The molecule has 0 saturated carbocycles. The first-order valence-electron chi connectivity index (χ1n) is 26.9. The predicted octanol–water partition coefficient (Wildman–Crippen LogP) is 3.74. The van der Waals surface area contributed by atoms with Gasteiger partial charge in [0.2, 0.25) is 11.8 Å². The third-order valence-corrected chi connectivity index (χ3v) is 17.2. The highest BCUT2D eigenvalue weighted by molar-refractivity contribution is 8.13. The number of imidazole rings is 1. The monoisotopic (exact) mass is 1220 g/mol. The van der Waals surface area contributed by atoms with Gasteiger partial charge in [-0.15, -0.1) is 0 Å². The number of carbonyl (C=O) groups excluding carboxylic acids is 4. The number of phosphoric ester groups is 3. The van der Waals surface area contributed by atoms with E-state index < -0.39 is 103 Å². The molecule has 4 rings (SSSR count). The largest absolute Gasteiger partial charge is 0.481 e. The molecule has 0 bridgehead atoms. The quantitative estimate of drug-likeness (QED) is 0.0257. The molecule has 458 valence electrons. The number of nitrogens with zero attached hydrogens (tertiary/aromatic N) is 4. The number of amides is 2. The number of aliphatic hydroxyl groups excluding tert-OH is 4. The third kappa shape index (κ3) is 25.1. The lowest BCUT2D eigenvalue weighted by Crippen LogP contribution is -2.47. The average Bonchev–Trinajstić information content (AvgIpc) is 3.94. The molecule has 4 heterocycles. The fourth-order valence-electron chi connectivity index (χ4n) is 8.61. The molecule has 2 aromatic heterocycles. The Hall–Kier alpha value is -2.93. The number of hydrogen-bond acceptors (Lipinski definition) is 23. The van der Waals surface area contributed by atoms with Gasteiger partial charge in [-0.3, -0.25) is 37.3 Å². The van der Waals surface area contributed by atoms with Gasteiger partial charge in [0.05, 0.1) is 38.2 Å². The number of nitrogens with two attached hydrogens (primary N) is 1. The van der Waals surface area contributed by atoms with Crippen LogP contribution < -0.4 is 16.4 Å². The van der Waals surface area contributed by atoms with Gasteiger partial charge in [-0.05, 0) is 19.8 Å². The highest BCUT2D eigenvalue weighted by atomic mass is 32.2. The number of fused-ring (bicyclic) bond motifs is 1. The molecule has 11 atom stereocenters. The molecule has 0 radical (unpaired) electrons. The van der Waals surface area contributed by atoms with Crippen molar-refractivity contribution in [1.29, 1.82) is 0 Å². The number of carbonyl (C=O) groups is 4. The van der Waals surface area contributed by atoms with Crippen molar-refractivity contribution in [3.8, 4) is 0 Å². The first-order valence-corrected chi connectivity index (χ1v) is 32.4. The second kappa shape index (κ2) is 34.1. The normalized spacial score (nSPS) is 23.6. The fraction of sp³-hybridized carbons (Fsp3) is 0.809. The topological polar surface area (TPSA) is 440 Å². The minimum Gasteiger partial charge on any atom is -0.390 e. The summed E-state index contributed by atoms with van der Waals surface area (Å²) >= 11 is 0.928. The number of ketones is 1. The zero-order chi connectivity index (χ0) is 59.1. The number of phosphoric acid groups is 3. The van der Waals surface area contributed by atoms with Crippen molar-refractivity contribution in [2.75, 3.05) is 44.4 Å². The van der Waals surface area contributed by atoms with Crippen molar-refractivity contribution in [3.05, 3.63) is 12.7 Å². The molecule has 33 heteroatoms. The number of nitrogens with one attached hydrogen (secondary N) is 2. The first-order chi connectivity index (χ1) is 37.7. The number of unbranched alkanes of at least 4 members (excludes halogenated alkanes) is 14. The van der Waals surface area contributed by atoms with Crippen molar-refractivity contribution in [1.82, 2.24) is 30.2 Å². The van der Waals surface area contributed by atoms with Gasteiger partial charge in [0, 0.05) is 50.1 Å². The minimum atomic E-state index is -5.60. The maximum Gasteiger partial charge on any atom is 0.481 e. The van der Waals surface area contributed by atoms with Gasteiger partial charge in [0.1, 0.15) is 48.1 Å². The van der Waals surface area contributed by atoms with Crippen LogP contribution in [0, 0.1) is 5.41 Å². The standard InChI is InChI=1S/C47H82N7O22P3S/c1-31-33(56)26-34(57)46(73-31)70-23-18-16-14-12-10-8-6-4-5-7-9-11-13-15-17-19-32(55)25-37(59)80-24-22-49-36(58)20-21-50-44(62)41(61)47(2,3)28-72-79(68,69)76-78(66,67)71-27-35-40(75-77(63,64)65)39(60)45(74-35)54-30-53-38-42(48)51-29-52-43(38)54/h29-31,33-35,39-41,45-46,56-57,60-61H,4-28H2,1-3H3,(H,49,58)(H,50,62)(H,66,67)(H,68,69)(H2,48,51,52)(H2,63,64,65)/t31-,33+,34+,35+,39+,40+,41-,45+,46+/m0/s1. The van der Waals surface area contributed by atoms with Crippen LogP contribution in [0.3, 0.4) is 0 Å². The minimum absolute atomic E-state index is 0.0219. The molecule has 0 spiro atoms. The van der Waals surface area contributed by atoms with Crippen LogP contribution in [-0.2, 0) is 65.0 Å². The molecule has 80 heavy (non-hydrogen) atoms. The number of nitrogen functional groups attached to an aromatic ring is 1. The number of aromatic nitrogens is 4. The SMILES string of the molecule is C[C@@H]1O[C@@H](OCCCCCCCCCCCCCCCCCC(=O)CC(=O)SCCNC(=O)CCNC(=O)[C@H](O)C(C)(C)COP(=O)(O)OP(=O)(O)OC[C@H]2O[C@@H](n3cnc4c(N)ncnc43)[C@H](O)[C@@H]2OP(=O)(O)O)[C@H](O)C[C@H]1O. The van der Waals surface area contributed by atoms with Gasteiger partial charge in [0.15, 0.2) is 29.1 Å². The molecule has 2 aromatic rings. The van der Waals surface area contributed by atoms with E-state index in [0.717, 1.165) is 73.9 Å². The predicted molar refractivity (Wildman–Crippen MR) is 288 cm³/mol. The van der Waals surface area contributed by atoms with Crippen LogP contribution >= 0.6 is 35.2 Å². The number of rotatable bonds is 40. The van der Waals surface area contributed by atoms with Gasteiger partial charge in [-0.1, -0.05) is 109 Å². The highest BCUT2D eigenvalue weighted by Gasteiger charge is 2.50. The molecule has 12 N–H and O–H groups in total. The summed E-state index contributed by atoms with van der Waals surface area (Å²) in [6.07, 6.45) is 7.61. The number of hydrogen-bond donors (Lipinski definition) is 11. The summed E-state index contributed by atoms with van der Waals surface area (Å²) in [4.78, 5) is 101. The van der Waals surface area contributed by atoms with E-state index in [1.807, 2.05) is 0 Å². The lowest BCUT2D eigenvalue weighted by atomic mass is 9.87. The summed E-state index contributed by atoms with van der Waals surface area (Å²) in [5, 5.41) is 46.0. The van der Waals surface area contributed by atoms with Gasteiger partial charge in [-0.25, -0.2) is 28.6 Å². The van der Waals surface area contributed by atoms with Crippen LogP contribution in [0.25, 0.3) is 11.2 Å². The Labute approximate surface area is 469 Å². The van der Waals surface area contributed by atoms with Crippen LogP contribution in [0.4, 0.5) is 5.82 Å². The van der Waals surface area contributed by atoms with Crippen LogP contribution in [0.5, 0.6) is 0 Å². The molecule has 2 amide bonds. The second-order valence-corrected chi connectivity index (χ2v) is 25.9. The summed E-state index contributed by atoms with van der Waals surface area (Å²) in [6.45, 7) is 2.61. The fourth-order valence-corrected chi connectivity index (χ4v) is 12.1. The van der Waals surface area contributed by atoms with Crippen molar-refractivity contribution in [2.24, 2.45) is 5.41 Å². The Bertz CT molecular complexity index is 2410. The summed E-state index contributed by atoms with van der Waals surface area (Å²) < 4.78 is 73.7. The molecular weight excluding hydrogens is 1140 g/mol. The van der Waals surface area contributed by atoms with E-state index in [1.165, 1.54) is 65.2 Å². The van der Waals surface area contributed by atoms with Crippen LogP contribution in [0.2, 0.25) is 0 Å². The van der Waals surface area contributed by atoms with Crippen molar-refractivity contribution >= 4 is 74.9 Å². The summed E-state index contributed by atoms with van der Waals surface area (Å²) in [6, 6.07) is 0. The molecule has 2 saturated heterocycles. The number of thioether (sulfide) groups is 1. The lowest BCUT2D eigenvalue weighted by molar-refractivity contribution is -0.261. The molecule has 2 fully saturated rings.